The van der Waals surface area contributed by atoms with E-state index in [0.29, 0.717) is 5.69 Å². The van der Waals surface area contributed by atoms with E-state index >= 15 is 0 Å². The zero-order valence-electron chi connectivity index (χ0n) is 15.3. The fourth-order valence-electron chi connectivity index (χ4n) is 4.00. The first-order valence-corrected chi connectivity index (χ1v) is 8.90. The number of methoxy groups -OCH3 is 1. The van der Waals surface area contributed by atoms with Crippen molar-refractivity contribution in [3.8, 4) is 28.8 Å². The third kappa shape index (κ3) is 2.41. The number of aromatic nitrogens is 2. The predicted octanol–water partition coefficient (Wildman–Crippen LogP) is 4.51. The van der Waals surface area contributed by atoms with Gasteiger partial charge in [0.2, 0.25) is 0 Å². The summed E-state index contributed by atoms with van der Waals surface area (Å²) in [5, 5.41) is 14.1. The van der Waals surface area contributed by atoms with Gasteiger partial charge in [-0.25, -0.2) is 0 Å². The van der Waals surface area contributed by atoms with Crippen LogP contribution in [0.2, 0.25) is 0 Å². The molecule has 5 heteroatoms. The van der Waals surface area contributed by atoms with Crippen molar-refractivity contribution in [3.63, 3.8) is 0 Å². The zero-order chi connectivity index (χ0) is 18.3. The van der Waals surface area contributed by atoms with Gasteiger partial charge >= 0.3 is 0 Å². The van der Waals surface area contributed by atoms with E-state index in [0.717, 1.165) is 59.8 Å². The van der Waals surface area contributed by atoms with Crippen molar-refractivity contribution in [2.45, 2.75) is 39.5 Å². The summed E-state index contributed by atoms with van der Waals surface area (Å²) in [5.41, 5.74) is 6.98. The number of nitriles is 1. The van der Waals surface area contributed by atoms with Crippen LogP contribution in [0.15, 0.2) is 28.8 Å². The second kappa shape index (κ2) is 6.38. The van der Waals surface area contributed by atoms with Crippen LogP contribution in [0.25, 0.3) is 16.9 Å². The first-order chi connectivity index (χ1) is 12.7. The van der Waals surface area contributed by atoms with Crippen LogP contribution in [0.3, 0.4) is 0 Å². The molecule has 1 aromatic carbocycles. The Bertz CT molecular complexity index is 984. The Balaban J connectivity index is 2.06. The predicted molar refractivity (Wildman–Crippen MR) is 98.6 cm³/mol. The van der Waals surface area contributed by atoms with E-state index < -0.39 is 0 Å². The zero-order valence-corrected chi connectivity index (χ0v) is 15.3. The van der Waals surface area contributed by atoms with Gasteiger partial charge in [-0.15, -0.1) is 0 Å². The largest absolute Gasteiger partial charge is 0.497 e. The second-order valence-electron chi connectivity index (χ2n) is 6.71. The smallest absolute Gasteiger partial charge is 0.157 e. The highest BCUT2D eigenvalue weighted by molar-refractivity contribution is 5.73. The minimum Gasteiger partial charge on any atom is -0.497 e. The van der Waals surface area contributed by atoms with Crippen molar-refractivity contribution in [2.24, 2.45) is 0 Å². The van der Waals surface area contributed by atoms with Crippen molar-refractivity contribution in [3.05, 3.63) is 52.5 Å². The van der Waals surface area contributed by atoms with Gasteiger partial charge in [-0.2, -0.15) is 5.26 Å². The quantitative estimate of drug-likeness (QED) is 0.699. The van der Waals surface area contributed by atoms with Gasteiger partial charge in [-0.05, 0) is 80.5 Å². The van der Waals surface area contributed by atoms with Gasteiger partial charge in [-0.1, -0.05) is 5.16 Å². The van der Waals surface area contributed by atoms with Gasteiger partial charge in [0.1, 0.15) is 28.9 Å². The number of fused-ring (bicyclic) bond motifs is 1. The Hall–Kier alpha value is -3.00. The lowest BCUT2D eigenvalue weighted by Gasteiger charge is -2.14. The van der Waals surface area contributed by atoms with Gasteiger partial charge in [0.25, 0.3) is 0 Å². The van der Waals surface area contributed by atoms with Gasteiger partial charge in [-0.3, -0.25) is 4.57 Å². The molecule has 3 aromatic rings. The molecule has 2 aromatic heterocycles. The summed E-state index contributed by atoms with van der Waals surface area (Å²) < 4.78 is 12.8. The van der Waals surface area contributed by atoms with E-state index in [1.807, 2.05) is 26.0 Å². The Morgan fingerprint density at radius 2 is 1.81 bits per heavy atom. The molecule has 0 saturated heterocycles. The Kier molecular flexibility index (Phi) is 4.04. The molecular weight excluding hydrogens is 326 g/mol. The second-order valence-corrected chi connectivity index (χ2v) is 6.71. The van der Waals surface area contributed by atoms with Gasteiger partial charge in [0, 0.05) is 0 Å². The van der Waals surface area contributed by atoms with Crippen molar-refractivity contribution in [2.75, 3.05) is 7.11 Å². The van der Waals surface area contributed by atoms with Crippen LogP contribution in [0, 0.1) is 25.2 Å². The number of hydrogen-bond acceptors (Lipinski definition) is 4. The fraction of sp³-hybridized carbons (Fsp3) is 0.333. The van der Waals surface area contributed by atoms with Gasteiger partial charge < -0.3 is 9.26 Å². The molecule has 1 aliphatic carbocycles. The lowest BCUT2D eigenvalue weighted by molar-refractivity contribution is 0.393. The Morgan fingerprint density at radius 3 is 2.38 bits per heavy atom. The summed E-state index contributed by atoms with van der Waals surface area (Å²) in [6.07, 6.45) is 4.20. The summed E-state index contributed by atoms with van der Waals surface area (Å²) in [6.45, 7) is 3.82. The number of rotatable bonds is 3. The van der Waals surface area contributed by atoms with Crippen LogP contribution < -0.4 is 4.74 Å². The molecule has 5 nitrogen and oxygen atoms in total. The Morgan fingerprint density at radius 1 is 1.12 bits per heavy atom. The molecule has 2 heterocycles. The van der Waals surface area contributed by atoms with Crippen molar-refractivity contribution in [1.29, 1.82) is 5.26 Å². The molecule has 1 aliphatic rings. The van der Waals surface area contributed by atoms with E-state index in [2.05, 4.69) is 27.9 Å². The lowest BCUT2D eigenvalue weighted by Crippen LogP contribution is -2.03. The van der Waals surface area contributed by atoms with E-state index in [9.17, 15) is 5.26 Å². The average Bonchev–Trinajstić information content (AvgIpc) is 3.17. The van der Waals surface area contributed by atoms with Crippen LogP contribution in [0.4, 0.5) is 0 Å². The molecule has 0 atom stereocenters. The molecule has 0 aliphatic heterocycles. The normalized spacial score (nSPS) is 13.3. The number of aryl methyl sites for hydroxylation is 2. The number of hydrogen-bond donors (Lipinski definition) is 0. The third-order valence-corrected chi connectivity index (χ3v) is 5.18. The summed E-state index contributed by atoms with van der Waals surface area (Å²) in [5.74, 6) is 1.54. The molecule has 4 rings (SSSR count). The monoisotopic (exact) mass is 347 g/mol. The molecule has 0 N–H and O–H groups in total. The fourth-order valence-corrected chi connectivity index (χ4v) is 4.00. The van der Waals surface area contributed by atoms with Crippen molar-refractivity contribution >= 4 is 0 Å². The van der Waals surface area contributed by atoms with E-state index in [4.69, 9.17) is 9.26 Å². The van der Waals surface area contributed by atoms with Crippen LogP contribution in [0.1, 0.15) is 41.1 Å². The number of nitrogens with zero attached hydrogens (tertiary/aromatic N) is 3. The highest BCUT2D eigenvalue weighted by atomic mass is 16.5. The SMILES string of the molecule is COc1ccc(-c2c3c(c(C#N)n2-c2c(C)noc2C)CCCC3)cc1. The molecule has 0 fully saturated rings. The standard InChI is InChI=1S/C21H21N3O2/c1-13-20(14(2)26-23-13)24-19(12-22)17-6-4-5-7-18(17)21(24)15-8-10-16(25-3)11-9-15/h8-11H,4-7H2,1-3H3. The van der Waals surface area contributed by atoms with Crippen LogP contribution in [-0.4, -0.2) is 16.8 Å². The minimum atomic E-state index is 0.708. The maximum atomic E-state index is 9.96. The van der Waals surface area contributed by atoms with Crippen molar-refractivity contribution < 1.29 is 9.26 Å². The molecule has 0 spiro atoms. The first kappa shape index (κ1) is 16.5. The lowest BCUT2D eigenvalue weighted by atomic mass is 9.91. The van der Waals surface area contributed by atoms with E-state index in [1.54, 1.807) is 7.11 Å². The molecule has 0 bridgehead atoms. The molecule has 0 unspecified atom stereocenters. The highest BCUT2D eigenvalue weighted by Crippen LogP contribution is 2.40. The summed E-state index contributed by atoms with van der Waals surface area (Å²) in [4.78, 5) is 0. The number of benzene rings is 1. The molecule has 0 saturated carbocycles. The first-order valence-electron chi connectivity index (χ1n) is 8.90. The molecule has 0 radical (unpaired) electrons. The molecule has 26 heavy (non-hydrogen) atoms. The highest BCUT2D eigenvalue weighted by Gasteiger charge is 2.29. The van der Waals surface area contributed by atoms with E-state index in [1.165, 1.54) is 11.1 Å². The number of ether oxygens (including phenoxy) is 1. The Labute approximate surface area is 152 Å². The molecular formula is C21H21N3O2. The topological polar surface area (TPSA) is 64.0 Å². The third-order valence-electron chi connectivity index (χ3n) is 5.18. The average molecular weight is 347 g/mol. The summed E-state index contributed by atoms with van der Waals surface area (Å²) in [7, 11) is 1.66. The van der Waals surface area contributed by atoms with Gasteiger partial charge in [0.15, 0.2) is 5.76 Å². The maximum absolute atomic E-state index is 9.96. The van der Waals surface area contributed by atoms with Gasteiger partial charge in [0.05, 0.1) is 12.8 Å². The maximum Gasteiger partial charge on any atom is 0.157 e. The summed E-state index contributed by atoms with van der Waals surface area (Å²) in [6, 6.07) is 10.5. The summed E-state index contributed by atoms with van der Waals surface area (Å²) >= 11 is 0. The minimum absolute atomic E-state index is 0.708. The van der Waals surface area contributed by atoms with Crippen molar-refractivity contribution in [1.82, 2.24) is 9.72 Å². The molecule has 0 amide bonds. The molecule has 132 valence electrons. The van der Waals surface area contributed by atoms with E-state index in [-0.39, 0.29) is 0 Å². The van der Waals surface area contributed by atoms with Crippen LogP contribution in [0.5, 0.6) is 5.75 Å². The van der Waals surface area contributed by atoms with Crippen LogP contribution in [-0.2, 0) is 12.8 Å². The van der Waals surface area contributed by atoms with Crippen LogP contribution >= 0.6 is 0 Å².